The van der Waals surface area contributed by atoms with Gasteiger partial charge in [-0.3, -0.25) is 4.79 Å². The minimum absolute atomic E-state index is 0.0421. The van der Waals surface area contributed by atoms with Gasteiger partial charge in [0.2, 0.25) is 0 Å². The number of amides is 1. The highest BCUT2D eigenvalue weighted by molar-refractivity contribution is 7.07. The molecule has 0 saturated carbocycles. The van der Waals surface area contributed by atoms with Crippen LogP contribution in [-0.2, 0) is 6.54 Å². The first-order chi connectivity index (χ1) is 11.3. The Labute approximate surface area is 140 Å². The first-order valence-electron chi connectivity index (χ1n) is 7.87. The smallest absolute Gasteiger partial charge is 0.253 e. The van der Waals surface area contributed by atoms with Crippen LogP contribution in [0.3, 0.4) is 0 Å². The summed E-state index contributed by atoms with van der Waals surface area (Å²) in [6.07, 6.45) is 1.95. The average molecular weight is 331 g/mol. The van der Waals surface area contributed by atoms with E-state index in [4.69, 9.17) is 0 Å². The Balaban J connectivity index is 1.65. The van der Waals surface area contributed by atoms with Crippen LogP contribution in [0.2, 0.25) is 0 Å². The summed E-state index contributed by atoms with van der Waals surface area (Å²) in [4.78, 5) is 18.7. The minimum atomic E-state index is 0.0421. The zero-order chi connectivity index (χ0) is 16.1. The molecule has 0 radical (unpaired) electrons. The number of carbonyl (C=O) groups is 1. The molecule has 1 aliphatic heterocycles. The van der Waals surface area contributed by atoms with Crippen molar-refractivity contribution in [2.75, 3.05) is 25.0 Å². The van der Waals surface area contributed by atoms with Crippen molar-refractivity contribution < 1.29 is 9.90 Å². The van der Waals surface area contributed by atoms with E-state index in [1.807, 2.05) is 40.1 Å². The highest BCUT2D eigenvalue weighted by Gasteiger charge is 2.24. The predicted molar refractivity (Wildman–Crippen MR) is 91.6 cm³/mol. The van der Waals surface area contributed by atoms with E-state index in [1.165, 1.54) is 0 Å². The predicted octanol–water partition coefficient (Wildman–Crippen LogP) is 2.60. The molecule has 5 nitrogen and oxygen atoms in total. The average Bonchev–Trinajstić information content (AvgIpc) is 3.13. The van der Waals surface area contributed by atoms with Crippen LogP contribution in [-0.4, -0.2) is 40.6 Å². The first kappa shape index (κ1) is 16.0. The van der Waals surface area contributed by atoms with Crippen LogP contribution in [0.15, 0.2) is 35.2 Å². The van der Waals surface area contributed by atoms with Gasteiger partial charge in [-0.1, -0.05) is 6.07 Å². The molecule has 0 bridgehead atoms. The number of aliphatic hydroxyl groups is 1. The molecule has 2 heterocycles. The van der Waals surface area contributed by atoms with Crippen LogP contribution in [0.25, 0.3) is 0 Å². The maximum absolute atomic E-state index is 12.7. The highest BCUT2D eigenvalue weighted by atomic mass is 32.1. The van der Waals surface area contributed by atoms with E-state index in [0.29, 0.717) is 18.7 Å². The normalized spacial score (nSPS) is 18.0. The van der Waals surface area contributed by atoms with Gasteiger partial charge in [-0.25, -0.2) is 4.98 Å². The van der Waals surface area contributed by atoms with E-state index in [9.17, 15) is 9.90 Å². The monoisotopic (exact) mass is 331 g/mol. The first-order valence-corrected chi connectivity index (χ1v) is 8.81. The third-order valence-corrected chi connectivity index (χ3v) is 4.77. The number of benzene rings is 1. The quantitative estimate of drug-likeness (QED) is 0.884. The largest absolute Gasteiger partial charge is 0.396 e. The third kappa shape index (κ3) is 4.09. The highest BCUT2D eigenvalue weighted by Crippen LogP contribution is 2.20. The second kappa shape index (κ2) is 7.57. The fraction of sp³-hybridized carbons (Fsp3) is 0.412. The number of nitrogens with one attached hydrogen (secondary N) is 1. The second-order valence-corrected chi connectivity index (χ2v) is 6.57. The molecule has 1 aromatic heterocycles. The van der Waals surface area contributed by atoms with Crippen LogP contribution in [0.5, 0.6) is 0 Å². The number of rotatable bonds is 5. The van der Waals surface area contributed by atoms with Crippen LogP contribution < -0.4 is 5.32 Å². The Bertz CT molecular complexity index is 645. The summed E-state index contributed by atoms with van der Waals surface area (Å²) >= 11 is 1.57. The molecule has 2 N–H and O–H groups in total. The van der Waals surface area contributed by atoms with Gasteiger partial charge in [0, 0.05) is 36.3 Å². The lowest BCUT2D eigenvalue weighted by Gasteiger charge is -2.32. The number of anilines is 1. The van der Waals surface area contributed by atoms with Gasteiger partial charge in [-0.2, -0.15) is 0 Å². The molecule has 3 rings (SSSR count). The molecule has 6 heteroatoms. The lowest BCUT2D eigenvalue weighted by molar-refractivity contribution is 0.0621. The zero-order valence-electron chi connectivity index (χ0n) is 12.9. The van der Waals surface area contributed by atoms with E-state index in [2.05, 4.69) is 10.3 Å². The molecule has 1 saturated heterocycles. The second-order valence-electron chi connectivity index (χ2n) is 5.86. The van der Waals surface area contributed by atoms with Gasteiger partial charge >= 0.3 is 0 Å². The summed E-state index contributed by atoms with van der Waals surface area (Å²) < 4.78 is 0. The zero-order valence-corrected chi connectivity index (χ0v) is 13.8. The number of piperidine rings is 1. The van der Waals surface area contributed by atoms with E-state index < -0.39 is 0 Å². The summed E-state index contributed by atoms with van der Waals surface area (Å²) in [7, 11) is 0. The number of hydrogen-bond acceptors (Lipinski definition) is 5. The Kier molecular flexibility index (Phi) is 5.25. The summed E-state index contributed by atoms with van der Waals surface area (Å²) in [5.41, 5.74) is 4.41. The van der Waals surface area contributed by atoms with Crippen molar-refractivity contribution in [2.45, 2.75) is 19.4 Å². The fourth-order valence-electron chi connectivity index (χ4n) is 2.86. The van der Waals surface area contributed by atoms with Crippen LogP contribution >= 0.6 is 11.3 Å². The summed E-state index contributed by atoms with van der Waals surface area (Å²) in [6, 6.07) is 7.58. The molecule has 2 aromatic rings. The van der Waals surface area contributed by atoms with E-state index >= 15 is 0 Å². The molecule has 1 fully saturated rings. The molecule has 0 aliphatic carbocycles. The van der Waals surface area contributed by atoms with Gasteiger partial charge in [0.15, 0.2) is 0 Å². The minimum Gasteiger partial charge on any atom is -0.396 e. The number of hydrogen-bond donors (Lipinski definition) is 2. The number of carbonyl (C=O) groups excluding carboxylic acids is 1. The molecule has 1 amide bonds. The number of thiazole rings is 1. The maximum Gasteiger partial charge on any atom is 0.253 e. The SMILES string of the molecule is O=C(c1cccc(NCc2cscn2)c1)N1CCCC(CO)C1. The number of aromatic nitrogens is 1. The third-order valence-electron chi connectivity index (χ3n) is 4.13. The van der Waals surface area contributed by atoms with E-state index in [1.54, 1.807) is 11.3 Å². The topological polar surface area (TPSA) is 65.5 Å². The lowest BCUT2D eigenvalue weighted by Crippen LogP contribution is -2.40. The van der Waals surface area contributed by atoms with Gasteiger partial charge in [0.25, 0.3) is 5.91 Å². The van der Waals surface area contributed by atoms with Gasteiger partial charge in [-0.05, 0) is 37.0 Å². The number of likely N-dealkylation sites (tertiary alicyclic amines) is 1. The molecule has 1 atom stereocenters. The van der Waals surface area contributed by atoms with Crippen molar-refractivity contribution in [3.63, 3.8) is 0 Å². The molecule has 0 spiro atoms. The fourth-order valence-corrected chi connectivity index (χ4v) is 3.42. The summed E-state index contributed by atoms with van der Waals surface area (Å²) in [6.45, 7) is 2.22. The molecular formula is C17H21N3O2S. The van der Waals surface area contributed by atoms with Gasteiger partial charge in [0.1, 0.15) is 0 Å². The van der Waals surface area contributed by atoms with Crippen molar-refractivity contribution in [3.8, 4) is 0 Å². The standard InChI is InChI=1S/C17H21N3O2S/c21-10-13-3-2-6-20(9-13)17(22)14-4-1-5-15(7-14)18-8-16-11-23-12-19-16/h1,4-5,7,11-13,18,21H,2-3,6,8-10H2. The van der Waals surface area contributed by atoms with Crippen LogP contribution in [0.1, 0.15) is 28.9 Å². The molecule has 122 valence electrons. The number of nitrogens with zero attached hydrogens (tertiary/aromatic N) is 2. The van der Waals surface area contributed by atoms with Crippen molar-refractivity contribution in [2.24, 2.45) is 5.92 Å². The number of aliphatic hydroxyl groups excluding tert-OH is 1. The van der Waals surface area contributed by atoms with Gasteiger partial charge in [-0.15, -0.1) is 11.3 Å². The van der Waals surface area contributed by atoms with E-state index in [-0.39, 0.29) is 18.4 Å². The molecule has 1 unspecified atom stereocenters. The van der Waals surface area contributed by atoms with Crippen molar-refractivity contribution in [3.05, 3.63) is 46.4 Å². The Morgan fingerprint density at radius 1 is 1.48 bits per heavy atom. The van der Waals surface area contributed by atoms with Crippen molar-refractivity contribution >= 4 is 22.9 Å². The molecule has 1 aromatic carbocycles. The lowest BCUT2D eigenvalue weighted by atomic mass is 9.98. The van der Waals surface area contributed by atoms with Gasteiger partial charge in [0.05, 0.1) is 17.7 Å². The Morgan fingerprint density at radius 2 is 2.39 bits per heavy atom. The molecule has 23 heavy (non-hydrogen) atoms. The summed E-state index contributed by atoms with van der Waals surface area (Å²) in [5.74, 6) is 0.249. The van der Waals surface area contributed by atoms with E-state index in [0.717, 1.165) is 30.8 Å². The Morgan fingerprint density at radius 3 is 3.17 bits per heavy atom. The van der Waals surface area contributed by atoms with Crippen molar-refractivity contribution in [1.29, 1.82) is 0 Å². The Hall–Kier alpha value is -1.92. The summed E-state index contributed by atoms with van der Waals surface area (Å²) in [5, 5.41) is 14.6. The van der Waals surface area contributed by atoms with Crippen LogP contribution in [0, 0.1) is 5.92 Å². The van der Waals surface area contributed by atoms with Crippen molar-refractivity contribution in [1.82, 2.24) is 9.88 Å². The molecular weight excluding hydrogens is 310 g/mol. The van der Waals surface area contributed by atoms with Gasteiger partial charge < -0.3 is 15.3 Å². The molecule has 1 aliphatic rings. The van der Waals surface area contributed by atoms with Crippen LogP contribution in [0.4, 0.5) is 5.69 Å². The maximum atomic E-state index is 12.7.